The second-order valence-corrected chi connectivity index (χ2v) is 11.2. The number of para-hydroxylation sites is 1. The van der Waals surface area contributed by atoms with Crippen LogP contribution in [-0.4, -0.2) is 14.5 Å². The van der Waals surface area contributed by atoms with Crippen LogP contribution in [0.4, 0.5) is 5.69 Å². The lowest BCUT2D eigenvalue weighted by molar-refractivity contribution is 0.558. The molecular formula is C16H21NOSSi. The molecule has 0 amide bonds. The summed E-state index contributed by atoms with van der Waals surface area (Å²) >= 11 is 1.76. The van der Waals surface area contributed by atoms with Crippen LogP contribution < -0.4 is 4.43 Å². The predicted octanol–water partition coefficient (Wildman–Crippen LogP) is 5.22. The molecule has 0 aliphatic rings. The zero-order chi connectivity index (χ0) is 14.6. The minimum atomic E-state index is -1.62. The van der Waals surface area contributed by atoms with Crippen molar-refractivity contribution in [3.05, 3.63) is 46.2 Å². The van der Waals surface area contributed by atoms with Gasteiger partial charge in [0.1, 0.15) is 11.4 Å². The zero-order valence-electron chi connectivity index (χ0n) is 12.5. The normalized spacial score (nSPS) is 12.0. The summed E-state index contributed by atoms with van der Waals surface area (Å²) < 4.78 is 6.13. The molecule has 106 valence electrons. The van der Waals surface area contributed by atoms with Crippen molar-refractivity contribution < 1.29 is 4.43 Å². The molecule has 0 N–H and O–H groups in total. The Kier molecular flexibility index (Phi) is 4.78. The van der Waals surface area contributed by atoms with Gasteiger partial charge in [-0.15, -0.1) is 11.3 Å². The largest absolute Gasteiger partial charge is 0.543 e. The summed E-state index contributed by atoms with van der Waals surface area (Å²) in [5.41, 5.74) is 2.12. The van der Waals surface area contributed by atoms with E-state index in [9.17, 15) is 0 Å². The Morgan fingerprint density at radius 2 is 2.00 bits per heavy atom. The highest BCUT2D eigenvalue weighted by Crippen LogP contribution is 2.32. The zero-order valence-corrected chi connectivity index (χ0v) is 14.3. The molecule has 0 atom stereocenters. The van der Waals surface area contributed by atoms with Gasteiger partial charge in [0.2, 0.25) is 8.32 Å². The first kappa shape index (κ1) is 15.0. The van der Waals surface area contributed by atoms with Crippen LogP contribution in [0.15, 0.2) is 40.7 Å². The maximum Gasteiger partial charge on any atom is 0.242 e. The monoisotopic (exact) mass is 303 g/mol. The molecule has 2 nitrogen and oxygen atoms in total. The van der Waals surface area contributed by atoms with E-state index in [4.69, 9.17) is 4.43 Å². The SMILES string of the molecule is Cc1cccc(O[Si](C)(C)C)c1N=CCc1cccs1. The molecule has 0 bridgehead atoms. The van der Waals surface area contributed by atoms with E-state index in [-0.39, 0.29) is 0 Å². The molecule has 1 heterocycles. The number of hydrogen-bond donors (Lipinski definition) is 0. The van der Waals surface area contributed by atoms with E-state index in [1.807, 2.05) is 18.3 Å². The van der Waals surface area contributed by atoms with Crippen LogP contribution in [0.5, 0.6) is 5.75 Å². The quantitative estimate of drug-likeness (QED) is 0.548. The van der Waals surface area contributed by atoms with Crippen molar-refractivity contribution in [1.29, 1.82) is 0 Å². The number of aliphatic imine (C=N–C) groups is 1. The maximum absolute atomic E-state index is 6.13. The molecule has 2 rings (SSSR count). The Morgan fingerprint density at radius 3 is 2.65 bits per heavy atom. The van der Waals surface area contributed by atoms with Gasteiger partial charge in [0.05, 0.1) is 0 Å². The van der Waals surface area contributed by atoms with Crippen molar-refractivity contribution in [2.75, 3.05) is 0 Å². The van der Waals surface area contributed by atoms with Crippen molar-refractivity contribution in [3.63, 3.8) is 0 Å². The van der Waals surface area contributed by atoms with Gasteiger partial charge in [-0.1, -0.05) is 18.2 Å². The van der Waals surface area contributed by atoms with Crippen LogP contribution >= 0.6 is 11.3 Å². The molecule has 0 fully saturated rings. The van der Waals surface area contributed by atoms with Gasteiger partial charge in [-0.3, -0.25) is 4.99 Å². The number of hydrogen-bond acceptors (Lipinski definition) is 3. The van der Waals surface area contributed by atoms with Gasteiger partial charge in [0.25, 0.3) is 0 Å². The van der Waals surface area contributed by atoms with Crippen LogP contribution in [0.25, 0.3) is 0 Å². The lowest BCUT2D eigenvalue weighted by atomic mass is 10.2. The predicted molar refractivity (Wildman–Crippen MR) is 91.3 cm³/mol. The molecule has 20 heavy (non-hydrogen) atoms. The van der Waals surface area contributed by atoms with Gasteiger partial charge in [0, 0.05) is 17.5 Å². The minimum Gasteiger partial charge on any atom is -0.543 e. The number of aryl methyl sites for hydroxylation is 1. The van der Waals surface area contributed by atoms with E-state index >= 15 is 0 Å². The van der Waals surface area contributed by atoms with Gasteiger partial charge < -0.3 is 4.43 Å². The minimum absolute atomic E-state index is 0.873. The third kappa shape index (κ3) is 4.32. The second kappa shape index (κ2) is 6.37. The number of rotatable bonds is 5. The van der Waals surface area contributed by atoms with E-state index in [0.717, 1.165) is 23.4 Å². The fraction of sp³-hybridized carbons (Fsp3) is 0.312. The molecule has 0 spiro atoms. The van der Waals surface area contributed by atoms with Crippen LogP contribution in [0, 0.1) is 6.92 Å². The third-order valence-corrected chi connectivity index (χ3v) is 4.44. The Balaban J connectivity index is 2.19. The van der Waals surface area contributed by atoms with E-state index in [1.165, 1.54) is 4.88 Å². The van der Waals surface area contributed by atoms with E-state index in [1.54, 1.807) is 11.3 Å². The van der Waals surface area contributed by atoms with Gasteiger partial charge in [-0.05, 0) is 49.6 Å². The maximum atomic E-state index is 6.13. The smallest absolute Gasteiger partial charge is 0.242 e. The molecule has 2 aromatic rings. The molecule has 1 aromatic heterocycles. The lowest BCUT2D eigenvalue weighted by Gasteiger charge is -2.21. The van der Waals surface area contributed by atoms with E-state index in [0.29, 0.717) is 0 Å². The molecule has 0 saturated carbocycles. The Bertz CT molecular complexity index is 585. The number of benzene rings is 1. The fourth-order valence-electron chi connectivity index (χ4n) is 1.87. The van der Waals surface area contributed by atoms with Crippen LogP contribution in [0.2, 0.25) is 19.6 Å². The molecule has 0 saturated heterocycles. The first-order valence-electron chi connectivity index (χ1n) is 6.79. The van der Waals surface area contributed by atoms with Crippen LogP contribution in [0.1, 0.15) is 10.4 Å². The molecule has 0 aliphatic heterocycles. The number of nitrogens with zero attached hydrogens (tertiary/aromatic N) is 1. The van der Waals surface area contributed by atoms with Crippen molar-refractivity contribution in [3.8, 4) is 5.75 Å². The average molecular weight is 304 g/mol. The van der Waals surface area contributed by atoms with Gasteiger partial charge >= 0.3 is 0 Å². The highest BCUT2D eigenvalue weighted by Gasteiger charge is 2.18. The Hall–Kier alpha value is -1.39. The molecular weight excluding hydrogens is 282 g/mol. The average Bonchev–Trinajstić information content (AvgIpc) is 2.84. The molecule has 0 radical (unpaired) electrons. The Morgan fingerprint density at radius 1 is 1.20 bits per heavy atom. The topological polar surface area (TPSA) is 21.6 Å². The molecule has 4 heteroatoms. The van der Waals surface area contributed by atoms with E-state index in [2.05, 4.69) is 55.1 Å². The van der Waals surface area contributed by atoms with E-state index < -0.39 is 8.32 Å². The highest BCUT2D eigenvalue weighted by molar-refractivity contribution is 7.10. The molecule has 0 aliphatic carbocycles. The third-order valence-electron chi connectivity index (χ3n) is 2.71. The summed E-state index contributed by atoms with van der Waals surface area (Å²) in [4.78, 5) is 5.97. The first-order valence-corrected chi connectivity index (χ1v) is 11.1. The summed E-state index contributed by atoms with van der Waals surface area (Å²) in [5, 5.41) is 2.09. The second-order valence-electron chi connectivity index (χ2n) is 5.73. The summed E-state index contributed by atoms with van der Waals surface area (Å²) in [6, 6.07) is 10.3. The fourth-order valence-corrected chi connectivity index (χ4v) is 3.35. The first-order chi connectivity index (χ1) is 9.46. The molecule has 0 unspecified atom stereocenters. The van der Waals surface area contributed by atoms with Crippen molar-refractivity contribution in [2.45, 2.75) is 33.0 Å². The summed E-state index contributed by atoms with van der Waals surface area (Å²) in [6.45, 7) is 8.65. The van der Waals surface area contributed by atoms with Crippen molar-refractivity contribution >= 4 is 31.6 Å². The summed E-state index contributed by atoms with van der Waals surface area (Å²) in [7, 11) is -1.62. The van der Waals surface area contributed by atoms with Gasteiger partial charge in [-0.25, -0.2) is 0 Å². The Labute approximate surface area is 126 Å². The van der Waals surface area contributed by atoms with Crippen LogP contribution in [-0.2, 0) is 6.42 Å². The van der Waals surface area contributed by atoms with Crippen molar-refractivity contribution in [1.82, 2.24) is 0 Å². The van der Waals surface area contributed by atoms with Crippen LogP contribution in [0.3, 0.4) is 0 Å². The number of thiophene rings is 1. The summed E-state index contributed by atoms with van der Waals surface area (Å²) in [6.07, 6.45) is 2.85. The molecule has 1 aromatic carbocycles. The lowest BCUT2D eigenvalue weighted by Crippen LogP contribution is -2.29. The van der Waals surface area contributed by atoms with Crippen molar-refractivity contribution in [2.24, 2.45) is 4.99 Å². The van der Waals surface area contributed by atoms with Gasteiger partial charge in [0.15, 0.2) is 0 Å². The standard InChI is InChI=1S/C16H21NOSSi/c1-13-7-5-9-15(18-20(2,3)4)16(13)17-11-10-14-8-6-12-19-14/h5-9,11-12H,10H2,1-4H3. The summed E-state index contributed by atoms with van der Waals surface area (Å²) in [5.74, 6) is 0.909. The highest BCUT2D eigenvalue weighted by atomic mass is 32.1. The van der Waals surface area contributed by atoms with Gasteiger partial charge in [-0.2, -0.15) is 0 Å².